The Balaban J connectivity index is 2.92. The van der Waals surface area contributed by atoms with Crippen LogP contribution in [-0.2, 0) is 0 Å². The Morgan fingerprint density at radius 1 is 1.45 bits per heavy atom. The fourth-order valence-electron chi connectivity index (χ4n) is 1.02. The molecule has 0 spiro atoms. The van der Waals surface area contributed by atoms with Crippen molar-refractivity contribution < 1.29 is 0 Å². The predicted octanol–water partition coefficient (Wildman–Crippen LogP) is 2.57. The first-order chi connectivity index (χ1) is 5.42. The Morgan fingerprint density at radius 2 is 2.36 bits per heavy atom. The quantitative estimate of drug-likeness (QED) is 0.578. The van der Waals surface area contributed by atoms with Gasteiger partial charge in [0.1, 0.15) is 6.07 Å². The largest absolute Gasteiger partial charge is 0.192 e. The van der Waals surface area contributed by atoms with Gasteiger partial charge in [-0.05, 0) is 35.0 Å². The van der Waals surface area contributed by atoms with E-state index in [2.05, 4.69) is 12.1 Å². The number of nitrogens with zero attached hydrogens (tertiary/aromatic N) is 1. The zero-order valence-electron chi connectivity index (χ0n) is 5.66. The summed E-state index contributed by atoms with van der Waals surface area (Å²) in [6.45, 7) is 0. The number of benzene rings is 1. The van der Waals surface area contributed by atoms with E-state index in [1.807, 2.05) is 17.5 Å². The van der Waals surface area contributed by atoms with E-state index in [4.69, 9.17) is 5.26 Å². The van der Waals surface area contributed by atoms with E-state index in [0.717, 1.165) is 15.6 Å². The number of nitriles is 1. The van der Waals surface area contributed by atoms with Gasteiger partial charge in [-0.15, -0.1) is 11.3 Å². The molecule has 1 heterocycles. The van der Waals surface area contributed by atoms with Crippen LogP contribution in [0.1, 0.15) is 5.56 Å². The van der Waals surface area contributed by atoms with Gasteiger partial charge in [-0.2, -0.15) is 5.26 Å². The molecule has 1 aromatic heterocycles. The lowest BCUT2D eigenvalue weighted by Crippen LogP contribution is -1.71. The lowest BCUT2D eigenvalue weighted by atomic mass is 10.2. The van der Waals surface area contributed by atoms with Gasteiger partial charge in [0.15, 0.2) is 0 Å². The van der Waals surface area contributed by atoms with E-state index in [9.17, 15) is 0 Å². The lowest BCUT2D eigenvalue weighted by molar-refractivity contribution is 1.51. The van der Waals surface area contributed by atoms with Crippen LogP contribution < -0.4 is 0 Å². The molecule has 0 aliphatic rings. The number of rotatable bonds is 0. The van der Waals surface area contributed by atoms with E-state index in [1.54, 1.807) is 17.4 Å². The molecule has 0 amide bonds. The van der Waals surface area contributed by atoms with Gasteiger partial charge in [0, 0.05) is 0 Å². The van der Waals surface area contributed by atoms with Crippen LogP contribution in [0.25, 0.3) is 10.1 Å². The van der Waals surface area contributed by atoms with Crippen LogP contribution in [0.15, 0.2) is 23.6 Å². The molecule has 51 valence electrons. The predicted molar refractivity (Wildman–Crippen MR) is 45.4 cm³/mol. The first-order valence-corrected chi connectivity index (χ1v) is 4.07. The molecule has 0 unspecified atom stereocenters. The zero-order chi connectivity index (χ0) is 7.68. The number of fused-ring (bicyclic) bond motifs is 1. The SMILES string of the molecule is N#Cc1c[c]cc2ccsc12. The van der Waals surface area contributed by atoms with Crippen molar-refractivity contribution in [2.24, 2.45) is 0 Å². The van der Waals surface area contributed by atoms with Crippen LogP contribution in [0.5, 0.6) is 0 Å². The van der Waals surface area contributed by atoms with Crippen molar-refractivity contribution in [1.29, 1.82) is 5.26 Å². The van der Waals surface area contributed by atoms with Crippen LogP contribution in [0.4, 0.5) is 0 Å². The minimum absolute atomic E-state index is 0.720. The first kappa shape index (κ1) is 6.38. The molecule has 11 heavy (non-hydrogen) atoms. The molecular formula is C9H4NS. The van der Waals surface area contributed by atoms with Crippen LogP contribution in [-0.4, -0.2) is 0 Å². The monoisotopic (exact) mass is 158 g/mol. The second kappa shape index (κ2) is 2.37. The third-order valence-electron chi connectivity index (χ3n) is 1.53. The maximum Gasteiger partial charge on any atom is 0.101 e. The van der Waals surface area contributed by atoms with E-state index >= 15 is 0 Å². The molecule has 1 aromatic carbocycles. The van der Waals surface area contributed by atoms with Gasteiger partial charge in [-0.1, -0.05) is 0 Å². The molecule has 0 saturated carbocycles. The van der Waals surface area contributed by atoms with Crippen molar-refractivity contribution in [3.8, 4) is 6.07 Å². The van der Waals surface area contributed by atoms with E-state index < -0.39 is 0 Å². The molecule has 0 fully saturated rings. The van der Waals surface area contributed by atoms with E-state index in [1.165, 1.54) is 0 Å². The molecule has 1 nitrogen and oxygen atoms in total. The Bertz CT molecular complexity index is 422. The minimum atomic E-state index is 0.720. The van der Waals surface area contributed by atoms with Gasteiger partial charge in [0.25, 0.3) is 0 Å². The summed E-state index contributed by atoms with van der Waals surface area (Å²) in [5, 5.41) is 11.8. The van der Waals surface area contributed by atoms with Gasteiger partial charge in [0.2, 0.25) is 0 Å². The highest BCUT2D eigenvalue weighted by Crippen LogP contribution is 2.23. The second-order valence-electron chi connectivity index (χ2n) is 2.19. The number of thiophene rings is 1. The first-order valence-electron chi connectivity index (χ1n) is 3.19. The van der Waals surface area contributed by atoms with Gasteiger partial charge in [0.05, 0.1) is 10.3 Å². The highest BCUT2D eigenvalue weighted by atomic mass is 32.1. The standard InChI is InChI=1S/C9H4NS/c10-6-8-3-1-2-7-4-5-11-9(7)8/h2-5H. The van der Waals surface area contributed by atoms with Crippen LogP contribution in [0.2, 0.25) is 0 Å². The average molecular weight is 158 g/mol. The molecule has 0 aliphatic carbocycles. The van der Waals surface area contributed by atoms with Gasteiger partial charge >= 0.3 is 0 Å². The summed E-state index contributed by atoms with van der Waals surface area (Å²) in [7, 11) is 0. The minimum Gasteiger partial charge on any atom is -0.192 e. The van der Waals surface area contributed by atoms with Crippen LogP contribution in [0.3, 0.4) is 0 Å². The Labute approximate surface area is 68.5 Å². The lowest BCUT2D eigenvalue weighted by Gasteiger charge is -1.88. The van der Waals surface area contributed by atoms with Crippen molar-refractivity contribution in [2.45, 2.75) is 0 Å². The van der Waals surface area contributed by atoms with Crippen molar-refractivity contribution in [1.82, 2.24) is 0 Å². The summed E-state index contributed by atoms with van der Waals surface area (Å²) < 4.78 is 1.06. The fraction of sp³-hybridized carbons (Fsp3) is 0. The average Bonchev–Trinajstić information content (AvgIpc) is 2.50. The Morgan fingerprint density at radius 3 is 3.18 bits per heavy atom. The summed E-state index contributed by atoms with van der Waals surface area (Å²) in [5.41, 5.74) is 0.720. The molecule has 0 aliphatic heterocycles. The van der Waals surface area contributed by atoms with Crippen molar-refractivity contribution in [3.05, 3.63) is 35.2 Å². The number of hydrogen-bond donors (Lipinski definition) is 0. The summed E-state index contributed by atoms with van der Waals surface area (Å²) in [6.07, 6.45) is 0. The van der Waals surface area contributed by atoms with Crippen molar-refractivity contribution in [3.63, 3.8) is 0 Å². The third-order valence-corrected chi connectivity index (χ3v) is 2.49. The van der Waals surface area contributed by atoms with E-state index in [0.29, 0.717) is 0 Å². The van der Waals surface area contributed by atoms with Gasteiger partial charge < -0.3 is 0 Å². The summed E-state index contributed by atoms with van der Waals surface area (Å²) in [5.74, 6) is 0. The molecule has 0 saturated heterocycles. The van der Waals surface area contributed by atoms with Crippen molar-refractivity contribution >= 4 is 21.4 Å². The summed E-state index contributed by atoms with van der Waals surface area (Å²) >= 11 is 1.60. The smallest absolute Gasteiger partial charge is 0.101 e. The second-order valence-corrected chi connectivity index (χ2v) is 3.10. The number of hydrogen-bond acceptors (Lipinski definition) is 2. The maximum absolute atomic E-state index is 8.69. The molecular weight excluding hydrogens is 154 g/mol. The zero-order valence-corrected chi connectivity index (χ0v) is 6.48. The van der Waals surface area contributed by atoms with E-state index in [-0.39, 0.29) is 0 Å². The molecule has 2 aromatic rings. The maximum atomic E-state index is 8.69. The van der Waals surface area contributed by atoms with Gasteiger partial charge in [-0.25, -0.2) is 0 Å². The molecule has 2 rings (SSSR count). The highest BCUT2D eigenvalue weighted by molar-refractivity contribution is 7.17. The van der Waals surface area contributed by atoms with Crippen LogP contribution >= 0.6 is 11.3 Å². The van der Waals surface area contributed by atoms with Gasteiger partial charge in [-0.3, -0.25) is 0 Å². The normalized spacial score (nSPS) is 9.73. The molecule has 0 bridgehead atoms. The molecule has 0 atom stereocenters. The Kier molecular flexibility index (Phi) is 1.38. The Hall–Kier alpha value is -1.33. The third kappa shape index (κ3) is 0.903. The topological polar surface area (TPSA) is 23.8 Å². The summed E-state index contributed by atoms with van der Waals surface area (Å²) in [4.78, 5) is 0. The highest BCUT2D eigenvalue weighted by Gasteiger charge is 1.98. The fourth-order valence-corrected chi connectivity index (χ4v) is 1.86. The van der Waals surface area contributed by atoms with Crippen LogP contribution in [0, 0.1) is 17.4 Å². The molecule has 2 heteroatoms. The summed E-state index contributed by atoms with van der Waals surface area (Å²) in [6, 6.07) is 10.7. The molecule has 0 N–H and O–H groups in total. The van der Waals surface area contributed by atoms with Crippen molar-refractivity contribution in [2.75, 3.05) is 0 Å². The molecule has 1 radical (unpaired) electrons.